The maximum Gasteiger partial charge on any atom is 0.253 e. The van der Waals surface area contributed by atoms with Crippen LogP contribution < -0.4 is 15.4 Å². The van der Waals surface area contributed by atoms with Gasteiger partial charge in [-0.15, -0.1) is 0 Å². The van der Waals surface area contributed by atoms with Gasteiger partial charge in [0.2, 0.25) is 10.0 Å². The Bertz CT molecular complexity index is 633. The van der Waals surface area contributed by atoms with Gasteiger partial charge < -0.3 is 15.7 Å². The fourth-order valence-corrected chi connectivity index (χ4v) is 2.91. The topological polar surface area (TPSA) is 108 Å². The summed E-state index contributed by atoms with van der Waals surface area (Å²) >= 11 is 0. The standard InChI is InChI=1S/C14H21N3O4S/c1-2-22(20,21)17-12-6-4-3-5-11(12)14(19)16-8-10-7-15-9-13(10)18/h3-6,10,13,15,17-18H,2,7-9H2,1H3,(H,16,19). The molecule has 22 heavy (non-hydrogen) atoms. The molecule has 122 valence electrons. The molecule has 8 heteroatoms. The number of nitrogens with one attached hydrogen (secondary N) is 3. The molecule has 1 aromatic rings. The van der Waals surface area contributed by atoms with Crippen molar-refractivity contribution in [3.05, 3.63) is 29.8 Å². The molecule has 1 saturated heterocycles. The van der Waals surface area contributed by atoms with Crippen molar-refractivity contribution in [1.82, 2.24) is 10.6 Å². The summed E-state index contributed by atoms with van der Waals surface area (Å²) in [6, 6.07) is 6.44. The predicted molar refractivity (Wildman–Crippen MR) is 84.2 cm³/mol. The van der Waals surface area contributed by atoms with Gasteiger partial charge in [-0.05, 0) is 19.1 Å². The van der Waals surface area contributed by atoms with Crippen LogP contribution in [-0.2, 0) is 10.0 Å². The smallest absolute Gasteiger partial charge is 0.253 e. The number of carbonyl (C=O) groups is 1. The summed E-state index contributed by atoms with van der Waals surface area (Å²) in [5, 5.41) is 15.5. The van der Waals surface area contributed by atoms with E-state index < -0.39 is 16.1 Å². The van der Waals surface area contributed by atoms with Gasteiger partial charge in [-0.1, -0.05) is 12.1 Å². The van der Waals surface area contributed by atoms with E-state index in [1.165, 1.54) is 6.92 Å². The maximum absolute atomic E-state index is 12.3. The van der Waals surface area contributed by atoms with Crippen molar-refractivity contribution in [3.63, 3.8) is 0 Å². The van der Waals surface area contributed by atoms with E-state index in [0.29, 0.717) is 19.6 Å². The van der Waals surface area contributed by atoms with Crippen LogP contribution in [0.5, 0.6) is 0 Å². The molecule has 0 spiro atoms. The molecule has 1 amide bonds. The summed E-state index contributed by atoms with van der Waals surface area (Å²) in [7, 11) is -3.45. The molecular formula is C14H21N3O4S. The van der Waals surface area contributed by atoms with Crippen LogP contribution in [0.4, 0.5) is 5.69 Å². The number of para-hydroxylation sites is 1. The molecular weight excluding hydrogens is 306 g/mol. The van der Waals surface area contributed by atoms with Gasteiger partial charge in [0, 0.05) is 25.6 Å². The van der Waals surface area contributed by atoms with E-state index in [9.17, 15) is 18.3 Å². The lowest BCUT2D eigenvalue weighted by atomic mass is 10.1. The first-order valence-corrected chi connectivity index (χ1v) is 8.84. The molecule has 1 aliphatic heterocycles. The molecule has 1 aromatic carbocycles. The first kappa shape index (κ1) is 16.7. The Morgan fingerprint density at radius 1 is 1.36 bits per heavy atom. The Morgan fingerprint density at radius 3 is 2.73 bits per heavy atom. The second kappa shape index (κ2) is 7.08. The molecule has 0 radical (unpaired) electrons. The third-order valence-electron chi connectivity index (χ3n) is 3.65. The van der Waals surface area contributed by atoms with E-state index in [4.69, 9.17) is 0 Å². The fraction of sp³-hybridized carbons (Fsp3) is 0.500. The van der Waals surface area contributed by atoms with Crippen LogP contribution in [0, 0.1) is 5.92 Å². The molecule has 1 aliphatic rings. The summed E-state index contributed by atoms with van der Waals surface area (Å²) in [6.07, 6.45) is -0.478. The van der Waals surface area contributed by atoms with Crippen LogP contribution >= 0.6 is 0 Å². The molecule has 0 aliphatic carbocycles. The monoisotopic (exact) mass is 327 g/mol. The average molecular weight is 327 g/mol. The fourth-order valence-electron chi connectivity index (χ4n) is 2.26. The van der Waals surface area contributed by atoms with Crippen LogP contribution in [0.3, 0.4) is 0 Å². The molecule has 1 heterocycles. The third-order valence-corrected chi connectivity index (χ3v) is 4.94. The van der Waals surface area contributed by atoms with Crippen LogP contribution in [0.15, 0.2) is 24.3 Å². The number of aliphatic hydroxyl groups is 1. The minimum absolute atomic E-state index is 0.0385. The molecule has 1 fully saturated rings. The lowest BCUT2D eigenvalue weighted by molar-refractivity contribution is 0.0928. The zero-order chi connectivity index (χ0) is 16.2. The van der Waals surface area contributed by atoms with Crippen LogP contribution in [0.1, 0.15) is 17.3 Å². The van der Waals surface area contributed by atoms with E-state index in [-0.39, 0.29) is 28.8 Å². The highest BCUT2D eigenvalue weighted by Crippen LogP contribution is 2.17. The van der Waals surface area contributed by atoms with E-state index in [1.54, 1.807) is 24.3 Å². The van der Waals surface area contributed by atoms with E-state index >= 15 is 0 Å². The van der Waals surface area contributed by atoms with Crippen molar-refractivity contribution < 1.29 is 18.3 Å². The zero-order valence-corrected chi connectivity index (χ0v) is 13.2. The van der Waals surface area contributed by atoms with Crippen molar-refractivity contribution in [2.75, 3.05) is 30.1 Å². The Morgan fingerprint density at radius 2 is 2.09 bits per heavy atom. The number of hydrogen-bond acceptors (Lipinski definition) is 5. The number of hydrogen-bond donors (Lipinski definition) is 4. The third kappa shape index (κ3) is 4.19. The highest BCUT2D eigenvalue weighted by atomic mass is 32.2. The molecule has 0 aromatic heterocycles. The Hall–Kier alpha value is -1.64. The van der Waals surface area contributed by atoms with Gasteiger partial charge in [0.05, 0.1) is 23.1 Å². The molecule has 0 bridgehead atoms. The van der Waals surface area contributed by atoms with Gasteiger partial charge in [-0.2, -0.15) is 0 Å². The quantitative estimate of drug-likeness (QED) is 0.577. The molecule has 2 unspecified atom stereocenters. The summed E-state index contributed by atoms with van der Waals surface area (Å²) < 4.78 is 25.7. The summed E-state index contributed by atoms with van der Waals surface area (Å²) in [4.78, 5) is 12.3. The second-order valence-corrected chi connectivity index (χ2v) is 7.26. The van der Waals surface area contributed by atoms with Crippen molar-refractivity contribution in [2.24, 2.45) is 5.92 Å². The normalized spacial score (nSPS) is 21.5. The van der Waals surface area contributed by atoms with Crippen molar-refractivity contribution in [3.8, 4) is 0 Å². The van der Waals surface area contributed by atoms with E-state index in [1.807, 2.05) is 0 Å². The SMILES string of the molecule is CCS(=O)(=O)Nc1ccccc1C(=O)NCC1CNCC1O. The zero-order valence-electron chi connectivity index (χ0n) is 12.4. The average Bonchev–Trinajstić information content (AvgIpc) is 2.90. The van der Waals surface area contributed by atoms with Gasteiger partial charge in [0.1, 0.15) is 0 Å². The van der Waals surface area contributed by atoms with Crippen LogP contribution in [0.2, 0.25) is 0 Å². The number of benzene rings is 1. The number of amides is 1. The van der Waals surface area contributed by atoms with Crippen LogP contribution in [-0.4, -0.2) is 50.9 Å². The molecule has 7 nitrogen and oxygen atoms in total. The number of β-amino-alcohol motifs (C(OH)–C–C–N with tert-alkyl or cyclic N) is 1. The van der Waals surface area contributed by atoms with Gasteiger partial charge in [0.25, 0.3) is 5.91 Å². The molecule has 2 rings (SSSR count). The number of carbonyl (C=O) groups excluding carboxylic acids is 1. The maximum atomic E-state index is 12.3. The van der Waals surface area contributed by atoms with Gasteiger partial charge in [-0.25, -0.2) is 8.42 Å². The first-order valence-electron chi connectivity index (χ1n) is 7.19. The Balaban J connectivity index is 2.06. The van der Waals surface area contributed by atoms with Crippen molar-refractivity contribution in [2.45, 2.75) is 13.0 Å². The Labute approximate surface area is 130 Å². The predicted octanol–water partition coefficient (Wildman–Crippen LogP) is -0.242. The number of anilines is 1. The van der Waals surface area contributed by atoms with Gasteiger partial charge >= 0.3 is 0 Å². The first-order chi connectivity index (χ1) is 10.4. The van der Waals surface area contributed by atoms with Crippen molar-refractivity contribution >= 4 is 21.6 Å². The van der Waals surface area contributed by atoms with Gasteiger partial charge in [0.15, 0.2) is 0 Å². The second-order valence-electron chi connectivity index (χ2n) is 5.25. The summed E-state index contributed by atoms with van der Waals surface area (Å²) in [6.45, 7) is 3.03. The Kier molecular flexibility index (Phi) is 5.38. The largest absolute Gasteiger partial charge is 0.391 e. The van der Waals surface area contributed by atoms with Crippen LogP contribution in [0.25, 0.3) is 0 Å². The summed E-state index contributed by atoms with van der Waals surface area (Å²) in [5.41, 5.74) is 0.520. The molecule has 4 N–H and O–H groups in total. The van der Waals surface area contributed by atoms with E-state index in [0.717, 1.165) is 0 Å². The highest BCUT2D eigenvalue weighted by Gasteiger charge is 2.25. The lowest BCUT2D eigenvalue weighted by Crippen LogP contribution is -2.34. The van der Waals surface area contributed by atoms with E-state index in [2.05, 4.69) is 15.4 Å². The number of aliphatic hydroxyl groups excluding tert-OH is 1. The molecule has 2 atom stereocenters. The molecule has 0 saturated carbocycles. The number of sulfonamides is 1. The van der Waals surface area contributed by atoms with Crippen molar-refractivity contribution in [1.29, 1.82) is 0 Å². The van der Waals surface area contributed by atoms with Gasteiger partial charge in [-0.3, -0.25) is 9.52 Å². The minimum Gasteiger partial charge on any atom is -0.391 e. The number of rotatable bonds is 6. The minimum atomic E-state index is -3.45. The highest BCUT2D eigenvalue weighted by molar-refractivity contribution is 7.92. The summed E-state index contributed by atoms with van der Waals surface area (Å²) in [5.74, 6) is -0.472. The lowest BCUT2D eigenvalue weighted by Gasteiger charge is -2.16.